The Morgan fingerprint density at radius 1 is 1.29 bits per heavy atom. The molecule has 6 nitrogen and oxygen atoms in total. The van der Waals surface area contributed by atoms with E-state index in [4.69, 9.17) is 4.74 Å². The van der Waals surface area contributed by atoms with Gasteiger partial charge in [0.15, 0.2) is 0 Å². The van der Waals surface area contributed by atoms with E-state index < -0.39 is 0 Å². The van der Waals surface area contributed by atoms with Gasteiger partial charge in [0.05, 0.1) is 12.1 Å². The average Bonchev–Trinajstić information content (AvgIpc) is 2.55. The number of nitrogens with zero attached hydrogens (tertiary/aromatic N) is 3. The van der Waals surface area contributed by atoms with E-state index in [1.54, 1.807) is 7.11 Å². The predicted octanol–water partition coefficient (Wildman–Crippen LogP) is 2.04. The van der Waals surface area contributed by atoms with Crippen molar-refractivity contribution in [1.29, 1.82) is 0 Å². The summed E-state index contributed by atoms with van der Waals surface area (Å²) in [6.07, 6.45) is 5.97. The number of piperidine rings is 1. The van der Waals surface area contributed by atoms with Crippen LogP contribution < -0.4 is 5.32 Å². The van der Waals surface area contributed by atoms with Gasteiger partial charge in [-0.1, -0.05) is 0 Å². The highest BCUT2D eigenvalue weighted by molar-refractivity contribution is 5.74. The second-order valence-electron chi connectivity index (χ2n) is 7.02. The molecule has 132 valence electrons. The number of carbonyl (C=O) groups is 1. The summed E-state index contributed by atoms with van der Waals surface area (Å²) >= 11 is 0. The Morgan fingerprint density at radius 2 is 1.96 bits per heavy atom. The summed E-state index contributed by atoms with van der Waals surface area (Å²) in [4.78, 5) is 20.7. The standard InChI is InChI=1S/C18H28N4O2/c1-13(2)20-18(23)21-10-6-15(7-11-21)22-12-16(24-3)17(22)14-4-8-19-9-5-14/h4-5,8-9,13,15-17H,6-7,10-12H2,1-3H3,(H,20,23)/t16-,17-/m0/s1. The van der Waals surface area contributed by atoms with Crippen molar-refractivity contribution in [2.24, 2.45) is 0 Å². The summed E-state index contributed by atoms with van der Waals surface area (Å²) in [6.45, 7) is 6.59. The topological polar surface area (TPSA) is 57.7 Å². The second kappa shape index (κ2) is 7.49. The van der Waals surface area contributed by atoms with Gasteiger partial charge < -0.3 is 15.0 Å². The summed E-state index contributed by atoms with van der Waals surface area (Å²) in [5.41, 5.74) is 1.27. The first-order chi connectivity index (χ1) is 11.6. The van der Waals surface area contributed by atoms with Crippen LogP contribution in [-0.2, 0) is 4.74 Å². The van der Waals surface area contributed by atoms with Gasteiger partial charge in [-0.15, -0.1) is 0 Å². The Bertz CT molecular complexity index is 543. The van der Waals surface area contributed by atoms with Gasteiger partial charge in [-0.05, 0) is 44.4 Å². The number of likely N-dealkylation sites (tertiary alicyclic amines) is 2. The number of ether oxygens (including phenoxy) is 1. The van der Waals surface area contributed by atoms with Crippen LogP contribution >= 0.6 is 0 Å². The van der Waals surface area contributed by atoms with Crippen LogP contribution in [0.15, 0.2) is 24.5 Å². The van der Waals surface area contributed by atoms with Crippen molar-refractivity contribution in [3.8, 4) is 0 Å². The Hall–Kier alpha value is -1.66. The maximum absolute atomic E-state index is 12.1. The molecular formula is C18H28N4O2. The van der Waals surface area contributed by atoms with E-state index >= 15 is 0 Å². The van der Waals surface area contributed by atoms with Crippen molar-refractivity contribution in [2.45, 2.75) is 50.9 Å². The first kappa shape index (κ1) is 17.2. The minimum absolute atomic E-state index is 0.0625. The highest BCUT2D eigenvalue weighted by atomic mass is 16.5. The third-order valence-corrected chi connectivity index (χ3v) is 5.08. The van der Waals surface area contributed by atoms with Crippen LogP contribution in [0.5, 0.6) is 0 Å². The van der Waals surface area contributed by atoms with Crippen LogP contribution in [0.4, 0.5) is 4.79 Å². The zero-order valence-corrected chi connectivity index (χ0v) is 14.8. The van der Waals surface area contributed by atoms with Crippen molar-refractivity contribution in [2.75, 3.05) is 26.7 Å². The van der Waals surface area contributed by atoms with E-state index in [0.29, 0.717) is 12.1 Å². The molecule has 2 amide bonds. The lowest BCUT2D eigenvalue weighted by Gasteiger charge is -2.53. The summed E-state index contributed by atoms with van der Waals surface area (Å²) in [5, 5.41) is 2.98. The molecule has 0 spiro atoms. The van der Waals surface area contributed by atoms with Crippen LogP contribution in [0.25, 0.3) is 0 Å². The molecule has 0 saturated carbocycles. The van der Waals surface area contributed by atoms with Crippen LogP contribution in [0.2, 0.25) is 0 Å². The molecule has 2 aliphatic rings. The van der Waals surface area contributed by atoms with Crippen LogP contribution in [0.1, 0.15) is 38.3 Å². The van der Waals surface area contributed by atoms with Gasteiger partial charge >= 0.3 is 6.03 Å². The predicted molar refractivity (Wildman–Crippen MR) is 92.7 cm³/mol. The highest BCUT2D eigenvalue weighted by Gasteiger charge is 2.44. The van der Waals surface area contributed by atoms with Gasteiger partial charge in [0, 0.05) is 51.2 Å². The molecule has 0 aliphatic carbocycles. The number of urea groups is 1. The minimum Gasteiger partial charge on any atom is -0.378 e. The quantitative estimate of drug-likeness (QED) is 0.917. The molecule has 1 N–H and O–H groups in total. The number of amides is 2. The van der Waals surface area contributed by atoms with E-state index in [1.165, 1.54) is 5.56 Å². The molecule has 24 heavy (non-hydrogen) atoms. The molecule has 1 aromatic rings. The highest BCUT2D eigenvalue weighted by Crippen LogP contribution is 2.39. The molecule has 1 aromatic heterocycles. The SMILES string of the molecule is CO[C@H]1CN(C2CCN(C(=O)NC(C)C)CC2)[C@H]1c1ccncc1. The van der Waals surface area contributed by atoms with Gasteiger partial charge in [-0.2, -0.15) is 0 Å². The second-order valence-corrected chi connectivity index (χ2v) is 7.02. The molecule has 2 saturated heterocycles. The summed E-state index contributed by atoms with van der Waals surface area (Å²) in [7, 11) is 1.79. The first-order valence-electron chi connectivity index (χ1n) is 8.84. The van der Waals surface area contributed by atoms with Crippen LogP contribution in [0.3, 0.4) is 0 Å². The Balaban J connectivity index is 1.59. The summed E-state index contributed by atoms with van der Waals surface area (Å²) in [6, 6.07) is 5.22. The number of methoxy groups -OCH3 is 1. The fourth-order valence-electron chi connectivity index (χ4n) is 3.78. The average molecular weight is 332 g/mol. The lowest BCUT2D eigenvalue weighted by atomic mass is 9.87. The molecule has 2 fully saturated rings. The normalized spacial score (nSPS) is 25.6. The molecule has 0 radical (unpaired) electrons. The van der Waals surface area contributed by atoms with Crippen molar-refractivity contribution in [1.82, 2.24) is 20.1 Å². The number of hydrogen-bond acceptors (Lipinski definition) is 4. The van der Waals surface area contributed by atoms with Gasteiger partial charge in [-0.3, -0.25) is 9.88 Å². The van der Waals surface area contributed by atoms with Crippen molar-refractivity contribution in [3.05, 3.63) is 30.1 Å². The van der Waals surface area contributed by atoms with Crippen LogP contribution in [0, 0.1) is 0 Å². The molecule has 6 heteroatoms. The molecule has 2 aliphatic heterocycles. The fraction of sp³-hybridized carbons (Fsp3) is 0.667. The van der Waals surface area contributed by atoms with Crippen molar-refractivity contribution >= 4 is 6.03 Å². The van der Waals surface area contributed by atoms with E-state index in [-0.39, 0.29) is 18.2 Å². The van der Waals surface area contributed by atoms with Gasteiger partial charge in [0.25, 0.3) is 0 Å². The number of pyridine rings is 1. The first-order valence-corrected chi connectivity index (χ1v) is 8.84. The van der Waals surface area contributed by atoms with Gasteiger partial charge in [0.1, 0.15) is 0 Å². The largest absolute Gasteiger partial charge is 0.378 e. The number of rotatable bonds is 4. The molecule has 0 unspecified atom stereocenters. The maximum atomic E-state index is 12.1. The zero-order valence-electron chi connectivity index (χ0n) is 14.8. The smallest absolute Gasteiger partial charge is 0.317 e. The van der Waals surface area contributed by atoms with E-state index in [9.17, 15) is 4.79 Å². The third kappa shape index (κ3) is 3.54. The van der Waals surface area contributed by atoms with Crippen molar-refractivity contribution in [3.63, 3.8) is 0 Å². The molecule has 3 heterocycles. The maximum Gasteiger partial charge on any atom is 0.317 e. The molecular weight excluding hydrogens is 304 g/mol. The van der Waals surface area contributed by atoms with E-state index in [1.807, 2.05) is 31.1 Å². The summed E-state index contributed by atoms with van der Waals surface area (Å²) in [5.74, 6) is 0. The lowest BCUT2D eigenvalue weighted by Crippen LogP contribution is -2.61. The van der Waals surface area contributed by atoms with Gasteiger partial charge in [0.2, 0.25) is 0 Å². The lowest BCUT2D eigenvalue weighted by molar-refractivity contribution is -0.115. The molecule has 3 rings (SSSR count). The number of aromatic nitrogens is 1. The number of hydrogen-bond donors (Lipinski definition) is 1. The van der Waals surface area contributed by atoms with E-state index in [2.05, 4.69) is 27.3 Å². The van der Waals surface area contributed by atoms with Crippen LogP contribution in [-0.4, -0.2) is 65.7 Å². The Labute approximate surface area is 144 Å². The molecule has 0 aromatic carbocycles. The third-order valence-electron chi connectivity index (χ3n) is 5.08. The minimum atomic E-state index is 0.0625. The van der Waals surface area contributed by atoms with E-state index in [0.717, 1.165) is 32.5 Å². The van der Waals surface area contributed by atoms with Crippen molar-refractivity contribution < 1.29 is 9.53 Å². The number of carbonyl (C=O) groups excluding carboxylic acids is 1. The van der Waals surface area contributed by atoms with Gasteiger partial charge in [-0.25, -0.2) is 4.79 Å². The molecule has 0 bridgehead atoms. The molecule has 2 atom stereocenters. The summed E-state index contributed by atoms with van der Waals surface area (Å²) < 4.78 is 5.64. The Kier molecular flexibility index (Phi) is 5.36. The zero-order chi connectivity index (χ0) is 17.1. The number of nitrogens with one attached hydrogen (secondary N) is 1. The Morgan fingerprint density at radius 3 is 2.54 bits per heavy atom. The fourth-order valence-corrected chi connectivity index (χ4v) is 3.78. The monoisotopic (exact) mass is 332 g/mol.